The number of aromatic nitrogens is 3. The zero-order valence-electron chi connectivity index (χ0n) is 16.0. The number of halogens is 1. The maximum atomic E-state index is 11.4. The SMILES string of the molecule is CCc1nc2n(n1)CC(NC(=NC)NCC(C)(C)NS(C)(=O)=O)CC2.I. The molecule has 0 aromatic carbocycles. The molecule has 11 heteroatoms. The molecule has 0 aliphatic carbocycles. The summed E-state index contributed by atoms with van der Waals surface area (Å²) in [6.07, 6.45) is 3.82. The maximum Gasteiger partial charge on any atom is 0.209 e. The molecule has 3 N–H and O–H groups in total. The number of rotatable bonds is 6. The Kier molecular flexibility index (Phi) is 8.27. The first-order valence-corrected chi connectivity index (χ1v) is 10.4. The van der Waals surface area contributed by atoms with Crippen molar-refractivity contribution in [1.82, 2.24) is 30.1 Å². The summed E-state index contributed by atoms with van der Waals surface area (Å²) in [6.45, 7) is 6.86. The van der Waals surface area contributed by atoms with Crippen LogP contribution in [0.15, 0.2) is 4.99 Å². The molecule has 0 amide bonds. The second kappa shape index (κ2) is 9.31. The molecule has 1 aromatic rings. The van der Waals surface area contributed by atoms with E-state index in [1.807, 2.05) is 18.5 Å². The normalized spacial score (nSPS) is 18.0. The van der Waals surface area contributed by atoms with Crippen molar-refractivity contribution in [1.29, 1.82) is 0 Å². The highest BCUT2D eigenvalue weighted by Gasteiger charge is 2.24. The fourth-order valence-corrected chi connectivity index (χ4v) is 3.93. The number of nitrogens with zero attached hydrogens (tertiary/aromatic N) is 4. The maximum absolute atomic E-state index is 11.4. The van der Waals surface area contributed by atoms with E-state index in [0.717, 1.165) is 43.7 Å². The first-order chi connectivity index (χ1) is 11.6. The fraction of sp³-hybridized carbons (Fsp3) is 0.800. The van der Waals surface area contributed by atoms with Crippen LogP contribution in [0.25, 0.3) is 0 Å². The first kappa shape index (κ1) is 23.1. The molecule has 1 atom stereocenters. The fourth-order valence-electron chi connectivity index (χ4n) is 2.86. The van der Waals surface area contributed by atoms with Crippen LogP contribution in [0.4, 0.5) is 0 Å². The summed E-state index contributed by atoms with van der Waals surface area (Å²) in [7, 11) is -1.57. The predicted molar refractivity (Wildman–Crippen MR) is 113 cm³/mol. The second-order valence-electron chi connectivity index (χ2n) is 7.04. The minimum absolute atomic E-state index is 0. The van der Waals surface area contributed by atoms with Gasteiger partial charge in [0, 0.05) is 38.0 Å². The molecule has 26 heavy (non-hydrogen) atoms. The van der Waals surface area contributed by atoms with Gasteiger partial charge in [0.15, 0.2) is 11.8 Å². The van der Waals surface area contributed by atoms with Gasteiger partial charge < -0.3 is 10.6 Å². The van der Waals surface area contributed by atoms with Gasteiger partial charge in [-0.15, -0.1) is 24.0 Å². The Morgan fingerprint density at radius 1 is 1.42 bits per heavy atom. The number of sulfonamides is 1. The monoisotopic (exact) mass is 499 g/mol. The largest absolute Gasteiger partial charge is 0.355 e. The van der Waals surface area contributed by atoms with E-state index in [4.69, 9.17) is 0 Å². The van der Waals surface area contributed by atoms with E-state index >= 15 is 0 Å². The van der Waals surface area contributed by atoms with Crippen molar-refractivity contribution in [3.63, 3.8) is 0 Å². The van der Waals surface area contributed by atoms with Gasteiger partial charge in [0.1, 0.15) is 5.82 Å². The molecule has 0 spiro atoms. The van der Waals surface area contributed by atoms with Crippen molar-refractivity contribution < 1.29 is 8.42 Å². The molecule has 1 unspecified atom stereocenters. The van der Waals surface area contributed by atoms with Gasteiger partial charge in [0.05, 0.1) is 12.8 Å². The summed E-state index contributed by atoms with van der Waals surface area (Å²) >= 11 is 0. The molecule has 0 saturated heterocycles. The number of nitrogens with one attached hydrogen (secondary N) is 3. The summed E-state index contributed by atoms with van der Waals surface area (Å²) < 4.78 is 27.4. The Morgan fingerprint density at radius 3 is 2.69 bits per heavy atom. The number of fused-ring (bicyclic) bond motifs is 1. The minimum atomic E-state index is -3.27. The number of hydrogen-bond acceptors (Lipinski definition) is 5. The van der Waals surface area contributed by atoms with Crippen LogP contribution in [0, 0.1) is 0 Å². The van der Waals surface area contributed by atoms with Crippen LogP contribution in [-0.2, 0) is 29.4 Å². The topological polar surface area (TPSA) is 113 Å². The van der Waals surface area contributed by atoms with Gasteiger partial charge in [0.2, 0.25) is 10.0 Å². The Hall–Kier alpha value is -0.950. The van der Waals surface area contributed by atoms with Crippen molar-refractivity contribution >= 4 is 40.0 Å². The average Bonchev–Trinajstić information content (AvgIpc) is 2.91. The van der Waals surface area contributed by atoms with Crippen LogP contribution >= 0.6 is 24.0 Å². The molecule has 150 valence electrons. The minimum Gasteiger partial charge on any atom is -0.355 e. The smallest absolute Gasteiger partial charge is 0.209 e. The van der Waals surface area contributed by atoms with Crippen molar-refractivity contribution in [3.8, 4) is 0 Å². The molecule has 0 bridgehead atoms. The molecule has 9 nitrogen and oxygen atoms in total. The van der Waals surface area contributed by atoms with Crippen molar-refractivity contribution in [2.75, 3.05) is 19.8 Å². The highest BCUT2D eigenvalue weighted by atomic mass is 127. The predicted octanol–water partition coefficient (Wildman–Crippen LogP) is 0.266. The Bertz CT molecular complexity index is 730. The molecule has 0 saturated carbocycles. The van der Waals surface area contributed by atoms with Crippen LogP contribution in [-0.4, -0.2) is 60.6 Å². The zero-order valence-corrected chi connectivity index (χ0v) is 19.2. The van der Waals surface area contributed by atoms with Crippen LogP contribution in [0.2, 0.25) is 0 Å². The summed E-state index contributed by atoms with van der Waals surface area (Å²) in [5.41, 5.74) is -0.618. The van der Waals surface area contributed by atoms with Crippen LogP contribution in [0.5, 0.6) is 0 Å². The van der Waals surface area contributed by atoms with Crippen molar-refractivity contribution in [2.24, 2.45) is 4.99 Å². The van der Waals surface area contributed by atoms with Gasteiger partial charge in [-0.25, -0.2) is 22.8 Å². The van der Waals surface area contributed by atoms with Gasteiger partial charge in [-0.2, -0.15) is 5.10 Å². The molecule has 1 aliphatic rings. The molecule has 2 heterocycles. The molecule has 2 rings (SSSR count). The third-order valence-corrected chi connectivity index (χ3v) is 4.87. The molecular weight excluding hydrogens is 469 g/mol. The molecular formula is C15H30IN7O2S. The van der Waals surface area contributed by atoms with E-state index in [1.165, 1.54) is 0 Å². The number of aryl methyl sites for hydroxylation is 2. The molecule has 1 aromatic heterocycles. The summed E-state index contributed by atoms with van der Waals surface area (Å²) in [5, 5.41) is 11.1. The van der Waals surface area contributed by atoms with Gasteiger partial charge in [-0.1, -0.05) is 6.92 Å². The van der Waals surface area contributed by atoms with E-state index in [2.05, 4.69) is 37.4 Å². The van der Waals surface area contributed by atoms with Crippen LogP contribution in [0.1, 0.15) is 38.8 Å². The van der Waals surface area contributed by atoms with Crippen molar-refractivity contribution in [2.45, 2.75) is 58.2 Å². The lowest BCUT2D eigenvalue weighted by molar-refractivity contribution is 0.388. The molecule has 1 aliphatic heterocycles. The van der Waals surface area contributed by atoms with Gasteiger partial charge in [-0.05, 0) is 20.3 Å². The molecule has 0 fully saturated rings. The summed E-state index contributed by atoms with van der Waals surface area (Å²) in [6, 6.07) is 0.205. The van der Waals surface area contributed by atoms with Gasteiger partial charge in [0.25, 0.3) is 0 Å². The number of aliphatic imine (C=N–C) groups is 1. The second-order valence-corrected chi connectivity index (χ2v) is 8.79. The van der Waals surface area contributed by atoms with Crippen LogP contribution < -0.4 is 15.4 Å². The molecule has 0 radical (unpaired) electrons. The quantitative estimate of drug-likeness (QED) is 0.294. The Morgan fingerprint density at radius 2 is 2.12 bits per heavy atom. The zero-order chi connectivity index (χ0) is 18.7. The Balaban J connectivity index is 0.00000338. The van der Waals surface area contributed by atoms with Crippen molar-refractivity contribution in [3.05, 3.63) is 11.6 Å². The standard InChI is InChI=1S/C15H29N7O2S.HI/c1-6-12-19-13-8-7-11(9-22(13)20-12)18-14(16-4)17-10-15(2,3)21-25(5,23)24;/h11,21H,6-10H2,1-5H3,(H2,16,17,18);1H. The van der Waals surface area contributed by atoms with Gasteiger partial charge >= 0.3 is 0 Å². The average molecular weight is 499 g/mol. The summed E-state index contributed by atoms with van der Waals surface area (Å²) in [5.74, 6) is 2.57. The lowest BCUT2D eigenvalue weighted by atomic mass is 10.1. The lowest BCUT2D eigenvalue weighted by Gasteiger charge is -2.29. The van der Waals surface area contributed by atoms with Crippen LogP contribution in [0.3, 0.4) is 0 Å². The van der Waals surface area contributed by atoms with E-state index in [1.54, 1.807) is 7.05 Å². The highest BCUT2D eigenvalue weighted by molar-refractivity contribution is 14.0. The third-order valence-electron chi connectivity index (χ3n) is 3.94. The summed E-state index contributed by atoms with van der Waals surface area (Å²) in [4.78, 5) is 8.75. The van der Waals surface area contributed by atoms with Gasteiger partial charge in [-0.3, -0.25) is 4.99 Å². The van der Waals surface area contributed by atoms with E-state index in [9.17, 15) is 8.42 Å². The Labute approximate surface area is 172 Å². The first-order valence-electron chi connectivity index (χ1n) is 8.50. The third kappa shape index (κ3) is 6.99. The lowest BCUT2D eigenvalue weighted by Crippen LogP contribution is -2.54. The van der Waals surface area contributed by atoms with E-state index < -0.39 is 15.6 Å². The van der Waals surface area contributed by atoms with E-state index in [-0.39, 0.29) is 30.0 Å². The highest BCUT2D eigenvalue weighted by Crippen LogP contribution is 2.13. The number of hydrogen-bond donors (Lipinski definition) is 3. The number of guanidine groups is 1. The van der Waals surface area contributed by atoms with E-state index in [0.29, 0.717) is 12.5 Å².